The summed E-state index contributed by atoms with van der Waals surface area (Å²) in [7, 11) is 0. The second-order valence-electron chi connectivity index (χ2n) is 15.9. The lowest BCUT2D eigenvalue weighted by molar-refractivity contribution is -0.151. The van der Waals surface area contributed by atoms with Crippen molar-refractivity contribution < 1.29 is 24.5 Å². The molecule has 0 fully saturated rings. The highest BCUT2D eigenvalue weighted by molar-refractivity contribution is 5.77. The van der Waals surface area contributed by atoms with E-state index in [0.29, 0.717) is 19.3 Å². The van der Waals surface area contributed by atoms with E-state index in [1.54, 1.807) is 0 Å². The molecule has 61 heavy (non-hydrogen) atoms. The number of allylic oxidation sites excluding steroid dienone is 20. The molecule has 0 heterocycles. The molecule has 3 atom stereocenters. The monoisotopic (exact) mass is 844 g/mol. The average molecular weight is 844 g/mol. The molecule has 0 rings (SSSR count). The highest BCUT2D eigenvalue weighted by atomic mass is 16.5. The molecular formula is C55H89NO5. The van der Waals surface area contributed by atoms with Crippen LogP contribution >= 0.6 is 0 Å². The Morgan fingerprint density at radius 2 is 0.984 bits per heavy atom. The zero-order chi connectivity index (χ0) is 44.5. The van der Waals surface area contributed by atoms with Gasteiger partial charge in [0, 0.05) is 6.42 Å². The van der Waals surface area contributed by atoms with E-state index in [1.165, 1.54) is 44.9 Å². The van der Waals surface area contributed by atoms with Gasteiger partial charge < -0.3 is 20.3 Å². The van der Waals surface area contributed by atoms with Gasteiger partial charge in [-0.15, -0.1) is 0 Å². The summed E-state index contributed by atoms with van der Waals surface area (Å²) in [6, 6.07) is -0.738. The molecule has 6 heteroatoms. The molecule has 3 N–H and O–H groups in total. The highest BCUT2D eigenvalue weighted by Crippen LogP contribution is 2.16. The number of aliphatic hydroxyl groups is 2. The predicted molar refractivity (Wildman–Crippen MR) is 263 cm³/mol. The molecule has 0 aromatic rings. The van der Waals surface area contributed by atoms with Crippen LogP contribution in [-0.2, 0) is 14.3 Å². The van der Waals surface area contributed by atoms with E-state index in [2.05, 4.69) is 99.0 Å². The van der Waals surface area contributed by atoms with Crippen molar-refractivity contribution in [3.05, 3.63) is 122 Å². The Balaban J connectivity index is 4.77. The minimum absolute atomic E-state index is 0.00661. The van der Waals surface area contributed by atoms with E-state index in [9.17, 15) is 19.8 Å². The van der Waals surface area contributed by atoms with Gasteiger partial charge in [-0.25, -0.2) is 0 Å². The van der Waals surface area contributed by atoms with Gasteiger partial charge in [0.2, 0.25) is 5.91 Å². The maximum Gasteiger partial charge on any atom is 0.306 e. The van der Waals surface area contributed by atoms with E-state index in [-0.39, 0.29) is 24.9 Å². The van der Waals surface area contributed by atoms with Crippen LogP contribution in [0.25, 0.3) is 0 Å². The first kappa shape index (κ1) is 57.3. The molecular weight excluding hydrogens is 755 g/mol. The summed E-state index contributed by atoms with van der Waals surface area (Å²) in [5, 5.41) is 23.6. The fourth-order valence-corrected chi connectivity index (χ4v) is 6.54. The lowest BCUT2D eigenvalue weighted by Gasteiger charge is -2.24. The fraction of sp³-hybridized carbons (Fsp3) is 0.600. The van der Waals surface area contributed by atoms with Gasteiger partial charge in [0.1, 0.15) is 6.10 Å². The zero-order valence-corrected chi connectivity index (χ0v) is 39.0. The molecule has 3 unspecified atom stereocenters. The van der Waals surface area contributed by atoms with Crippen LogP contribution in [-0.4, -0.2) is 46.9 Å². The summed E-state index contributed by atoms with van der Waals surface area (Å²) < 4.78 is 5.86. The number of hydrogen-bond acceptors (Lipinski definition) is 5. The third-order valence-corrected chi connectivity index (χ3v) is 10.2. The van der Waals surface area contributed by atoms with Crippen molar-refractivity contribution in [3.63, 3.8) is 0 Å². The number of amides is 1. The van der Waals surface area contributed by atoms with Crippen molar-refractivity contribution in [1.82, 2.24) is 5.32 Å². The van der Waals surface area contributed by atoms with Crippen LogP contribution in [0.5, 0.6) is 0 Å². The summed E-state index contributed by atoms with van der Waals surface area (Å²) in [4.78, 5) is 26.1. The molecule has 0 aliphatic carbocycles. The van der Waals surface area contributed by atoms with Crippen LogP contribution < -0.4 is 5.32 Å². The molecule has 344 valence electrons. The molecule has 0 saturated heterocycles. The second-order valence-corrected chi connectivity index (χ2v) is 15.9. The lowest BCUT2D eigenvalue weighted by atomic mass is 10.0. The van der Waals surface area contributed by atoms with Crippen LogP contribution in [0.4, 0.5) is 0 Å². The van der Waals surface area contributed by atoms with Crippen LogP contribution in [0, 0.1) is 0 Å². The van der Waals surface area contributed by atoms with E-state index in [0.717, 1.165) is 96.3 Å². The van der Waals surface area contributed by atoms with Gasteiger partial charge in [-0.3, -0.25) is 9.59 Å². The smallest absolute Gasteiger partial charge is 0.306 e. The molecule has 0 radical (unpaired) electrons. The van der Waals surface area contributed by atoms with Gasteiger partial charge in [-0.2, -0.15) is 0 Å². The molecule has 0 aromatic carbocycles. The number of carbonyl (C=O) groups excluding carboxylic acids is 2. The van der Waals surface area contributed by atoms with Gasteiger partial charge in [0.25, 0.3) is 0 Å². The Bertz CT molecular complexity index is 1310. The summed E-state index contributed by atoms with van der Waals surface area (Å²) >= 11 is 0. The highest BCUT2D eigenvalue weighted by Gasteiger charge is 2.24. The normalized spacial score (nSPS) is 14.4. The second kappa shape index (κ2) is 47.3. The number of esters is 1. The summed E-state index contributed by atoms with van der Waals surface area (Å²) in [6.45, 7) is 6.16. The standard InChI is InChI=1S/C55H89NO5/c1-4-7-10-13-16-19-22-24-25-26-27-28-29-31-33-36-39-42-45-48-55(60)61-51(46-43-40-37-34-32-30-23-20-17-14-11-8-5-2)49-54(59)56-52(50-57)53(58)47-44-41-38-35-21-18-15-12-9-6-3/h7-8,10-11,14,16-17,19-20,23-25,27-28,30-34,37,51-53,57-58H,4-6,9,12-13,15,18,21-22,26,29,35-36,38-50H2,1-3H3,(H,56,59)/b10-7-,11-8+,17-14+,19-16-,23-20-,25-24-,28-27-,32-30-,33-31-,37-34+. The van der Waals surface area contributed by atoms with E-state index in [1.807, 2.05) is 48.6 Å². The minimum Gasteiger partial charge on any atom is -0.462 e. The molecule has 0 bridgehead atoms. The maximum atomic E-state index is 13.1. The molecule has 0 spiro atoms. The molecule has 1 amide bonds. The molecule has 0 aromatic heterocycles. The SMILES string of the molecule is CC/C=C\C/C=C\C/C=C\C/C=C\C/C=C\CCCCCC(=O)OC(CCC/C=C/C=C\C=C/C=C/C=C/CC)CC(=O)NC(CO)C(O)CCCCCCCCCCCC. The number of ether oxygens (including phenoxy) is 1. The maximum absolute atomic E-state index is 13.1. The number of hydrogen-bond donors (Lipinski definition) is 3. The van der Waals surface area contributed by atoms with Crippen molar-refractivity contribution in [2.24, 2.45) is 0 Å². The minimum atomic E-state index is -0.819. The third kappa shape index (κ3) is 42.7. The van der Waals surface area contributed by atoms with Crippen LogP contribution in [0.3, 0.4) is 0 Å². The number of carbonyl (C=O) groups is 2. The van der Waals surface area contributed by atoms with Crippen molar-refractivity contribution >= 4 is 11.9 Å². The topological polar surface area (TPSA) is 95.9 Å². The summed E-state index contributed by atoms with van der Waals surface area (Å²) in [6.07, 6.45) is 65.5. The fourth-order valence-electron chi connectivity index (χ4n) is 6.54. The summed E-state index contributed by atoms with van der Waals surface area (Å²) in [5.74, 6) is -0.600. The van der Waals surface area contributed by atoms with Crippen molar-refractivity contribution in [2.75, 3.05) is 6.61 Å². The Kier molecular flexibility index (Phi) is 44.4. The van der Waals surface area contributed by atoms with Gasteiger partial charge in [-0.05, 0) is 83.5 Å². The Morgan fingerprint density at radius 1 is 0.508 bits per heavy atom. The van der Waals surface area contributed by atoms with Gasteiger partial charge in [-0.1, -0.05) is 213 Å². The molecule has 0 aliphatic rings. The lowest BCUT2D eigenvalue weighted by Crippen LogP contribution is -2.46. The van der Waals surface area contributed by atoms with Gasteiger partial charge >= 0.3 is 5.97 Å². The first-order valence-corrected chi connectivity index (χ1v) is 24.3. The third-order valence-electron chi connectivity index (χ3n) is 10.2. The Hall–Kier alpha value is -3.74. The van der Waals surface area contributed by atoms with Crippen molar-refractivity contribution in [3.8, 4) is 0 Å². The molecule has 6 nitrogen and oxygen atoms in total. The van der Waals surface area contributed by atoms with Gasteiger partial charge in [0.15, 0.2) is 0 Å². The number of rotatable bonds is 41. The predicted octanol–water partition coefficient (Wildman–Crippen LogP) is 14.5. The Morgan fingerprint density at radius 3 is 1.54 bits per heavy atom. The number of unbranched alkanes of at least 4 members (excludes halogenated alkanes) is 13. The average Bonchev–Trinajstić information content (AvgIpc) is 3.25. The number of aliphatic hydroxyl groups excluding tert-OH is 2. The van der Waals surface area contributed by atoms with Gasteiger partial charge in [0.05, 0.1) is 25.2 Å². The zero-order valence-electron chi connectivity index (χ0n) is 39.0. The first-order valence-electron chi connectivity index (χ1n) is 24.3. The van der Waals surface area contributed by atoms with E-state index < -0.39 is 18.2 Å². The summed E-state index contributed by atoms with van der Waals surface area (Å²) in [5.41, 5.74) is 0. The van der Waals surface area contributed by atoms with Crippen molar-refractivity contribution in [1.29, 1.82) is 0 Å². The Labute approximate surface area is 374 Å². The molecule has 0 aliphatic heterocycles. The van der Waals surface area contributed by atoms with Crippen molar-refractivity contribution in [2.45, 2.75) is 206 Å². The van der Waals surface area contributed by atoms with Crippen LogP contribution in [0.2, 0.25) is 0 Å². The quantitative estimate of drug-likeness (QED) is 0.0247. The first-order chi connectivity index (χ1) is 30.0. The van der Waals surface area contributed by atoms with E-state index >= 15 is 0 Å². The van der Waals surface area contributed by atoms with Crippen LogP contribution in [0.1, 0.15) is 188 Å². The largest absolute Gasteiger partial charge is 0.462 e. The molecule has 0 saturated carbocycles. The van der Waals surface area contributed by atoms with E-state index in [4.69, 9.17) is 4.74 Å². The number of nitrogens with one attached hydrogen (secondary N) is 1. The van der Waals surface area contributed by atoms with Crippen LogP contribution in [0.15, 0.2) is 122 Å².